The van der Waals surface area contributed by atoms with Crippen LogP contribution in [0, 0.1) is 5.82 Å². The van der Waals surface area contributed by atoms with Gasteiger partial charge in [-0.25, -0.2) is 4.39 Å². The van der Waals surface area contributed by atoms with Crippen LogP contribution in [0.25, 0.3) is 21.9 Å². The maximum atomic E-state index is 13.3. The normalized spacial score (nSPS) is 10.8. The SMILES string of the molecule is CCc1ccc2cc(-c3cccc(F)c3)ccc2c1. The van der Waals surface area contributed by atoms with Crippen molar-refractivity contribution in [2.75, 3.05) is 0 Å². The molecule has 3 rings (SSSR count). The van der Waals surface area contributed by atoms with Gasteiger partial charge in [0, 0.05) is 0 Å². The van der Waals surface area contributed by atoms with Crippen LogP contribution in [0.3, 0.4) is 0 Å². The van der Waals surface area contributed by atoms with Crippen molar-refractivity contribution in [3.63, 3.8) is 0 Å². The monoisotopic (exact) mass is 250 g/mol. The van der Waals surface area contributed by atoms with Gasteiger partial charge in [-0.15, -0.1) is 0 Å². The highest BCUT2D eigenvalue weighted by Gasteiger charge is 2.01. The Kier molecular flexibility index (Phi) is 3.04. The lowest BCUT2D eigenvalue weighted by Gasteiger charge is -2.06. The molecular formula is C18H15F. The summed E-state index contributed by atoms with van der Waals surface area (Å²) in [5, 5.41) is 2.43. The molecule has 0 aromatic heterocycles. The Bertz CT molecular complexity index is 729. The van der Waals surface area contributed by atoms with Crippen LogP contribution >= 0.6 is 0 Å². The van der Waals surface area contributed by atoms with E-state index in [1.54, 1.807) is 12.1 Å². The number of benzene rings is 3. The fourth-order valence-electron chi connectivity index (χ4n) is 2.36. The van der Waals surface area contributed by atoms with E-state index < -0.39 is 0 Å². The average Bonchev–Trinajstić information content (AvgIpc) is 2.46. The fourth-order valence-corrected chi connectivity index (χ4v) is 2.36. The van der Waals surface area contributed by atoms with E-state index in [0.717, 1.165) is 17.5 Å². The van der Waals surface area contributed by atoms with E-state index in [2.05, 4.69) is 43.3 Å². The minimum Gasteiger partial charge on any atom is -0.207 e. The highest BCUT2D eigenvalue weighted by atomic mass is 19.1. The number of halogens is 1. The summed E-state index contributed by atoms with van der Waals surface area (Å²) in [4.78, 5) is 0. The van der Waals surface area contributed by atoms with Crippen molar-refractivity contribution in [2.24, 2.45) is 0 Å². The van der Waals surface area contributed by atoms with Gasteiger partial charge in [0.15, 0.2) is 0 Å². The fraction of sp³-hybridized carbons (Fsp3) is 0.111. The number of hydrogen-bond acceptors (Lipinski definition) is 0. The van der Waals surface area contributed by atoms with Gasteiger partial charge < -0.3 is 0 Å². The van der Waals surface area contributed by atoms with Gasteiger partial charge in [0.25, 0.3) is 0 Å². The third-order valence-electron chi connectivity index (χ3n) is 3.47. The van der Waals surface area contributed by atoms with E-state index in [1.165, 1.54) is 22.4 Å². The van der Waals surface area contributed by atoms with Gasteiger partial charge >= 0.3 is 0 Å². The summed E-state index contributed by atoms with van der Waals surface area (Å²) >= 11 is 0. The second kappa shape index (κ2) is 4.85. The van der Waals surface area contributed by atoms with Gasteiger partial charge in [0.05, 0.1) is 0 Å². The molecule has 0 saturated heterocycles. The molecule has 0 N–H and O–H groups in total. The predicted octanol–water partition coefficient (Wildman–Crippen LogP) is 5.21. The highest BCUT2D eigenvalue weighted by Crippen LogP contribution is 2.25. The van der Waals surface area contributed by atoms with Gasteiger partial charge in [0.1, 0.15) is 5.82 Å². The lowest BCUT2D eigenvalue weighted by atomic mass is 9.99. The molecule has 0 bridgehead atoms. The Morgan fingerprint density at radius 1 is 0.789 bits per heavy atom. The summed E-state index contributed by atoms with van der Waals surface area (Å²) < 4.78 is 13.3. The number of fused-ring (bicyclic) bond motifs is 1. The number of hydrogen-bond donors (Lipinski definition) is 0. The second-order valence-electron chi connectivity index (χ2n) is 4.76. The first-order valence-corrected chi connectivity index (χ1v) is 6.55. The Hall–Kier alpha value is -2.15. The van der Waals surface area contributed by atoms with Gasteiger partial charge in [-0.2, -0.15) is 0 Å². The first kappa shape index (κ1) is 11.9. The molecule has 1 heteroatoms. The first-order chi connectivity index (χ1) is 9.26. The topological polar surface area (TPSA) is 0 Å². The molecule has 0 aliphatic rings. The maximum absolute atomic E-state index is 13.3. The standard InChI is InChI=1S/C18H15F/c1-2-13-6-7-16-11-17(9-8-15(16)10-13)14-4-3-5-18(19)12-14/h3-12H,2H2,1H3. The molecule has 0 fully saturated rings. The van der Waals surface area contributed by atoms with Crippen molar-refractivity contribution in [2.45, 2.75) is 13.3 Å². The molecule has 3 aromatic carbocycles. The van der Waals surface area contributed by atoms with E-state index in [1.807, 2.05) is 6.07 Å². The molecule has 0 aliphatic heterocycles. The molecule has 3 aromatic rings. The number of rotatable bonds is 2. The summed E-state index contributed by atoms with van der Waals surface area (Å²) in [6.45, 7) is 2.16. The second-order valence-corrected chi connectivity index (χ2v) is 4.76. The zero-order valence-electron chi connectivity index (χ0n) is 10.9. The summed E-state index contributed by atoms with van der Waals surface area (Å²) in [6.07, 6.45) is 1.04. The van der Waals surface area contributed by atoms with E-state index in [-0.39, 0.29) is 5.82 Å². The Morgan fingerprint density at radius 3 is 2.32 bits per heavy atom. The summed E-state index contributed by atoms with van der Waals surface area (Å²) in [5.74, 6) is -0.195. The van der Waals surface area contributed by atoms with Gasteiger partial charge in [0.2, 0.25) is 0 Å². The molecule has 0 heterocycles. The minimum absolute atomic E-state index is 0.195. The smallest absolute Gasteiger partial charge is 0.123 e. The van der Waals surface area contributed by atoms with Crippen LogP contribution in [0.4, 0.5) is 4.39 Å². The van der Waals surface area contributed by atoms with Crippen molar-refractivity contribution < 1.29 is 4.39 Å². The molecule has 19 heavy (non-hydrogen) atoms. The Morgan fingerprint density at radius 2 is 1.53 bits per heavy atom. The van der Waals surface area contributed by atoms with Crippen LogP contribution in [0.2, 0.25) is 0 Å². The van der Waals surface area contributed by atoms with E-state index >= 15 is 0 Å². The van der Waals surface area contributed by atoms with Crippen LogP contribution in [-0.2, 0) is 6.42 Å². The molecule has 0 saturated carbocycles. The molecule has 94 valence electrons. The summed E-state index contributed by atoms with van der Waals surface area (Å²) in [7, 11) is 0. The zero-order valence-corrected chi connectivity index (χ0v) is 10.9. The van der Waals surface area contributed by atoms with Crippen LogP contribution in [0.15, 0.2) is 60.7 Å². The number of aryl methyl sites for hydroxylation is 1. The van der Waals surface area contributed by atoms with Crippen LogP contribution in [-0.4, -0.2) is 0 Å². The van der Waals surface area contributed by atoms with E-state index in [9.17, 15) is 4.39 Å². The average molecular weight is 250 g/mol. The Balaban J connectivity index is 2.11. The van der Waals surface area contributed by atoms with Crippen molar-refractivity contribution in [3.05, 3.63) is 72.0 Å². The molecule has 0 amide bonds. The highest BCUT2D eigenvalue weighted by molar-refractivity contribution is 5.87. The molecular weight excluding hydrogens is 235 g/mol. The first-order valence-electron chi connectivity index (χ1n) is 6.55. The van der Waals surface area contributed by atoms with Crippen molar-refractivity contribution in [3.8, 4) is 11.1 Å². The van der Waals surface area contributed by atoms with Gasteiger partial charge in [-0.1, -0.05) is 49.4 Å². The van der Waals surface area contributed by atoms with Gasteiger partial charge in [-0.05, 0) is 52.1 Å². The van der Waals surface area contributed by atoms with Crippen LogP contribution in [0.1, 0.15) is 12.5 Å². The largest absolute Gasteiger partial charge is 0.207 e. The summed E-state index contributed by atoms with van der Waals surface area (Å²) in [5.41, 5.74) is 3.31. The van der Waals surface area contributed by atoms with E-state index in [0.29, 0.717) is 0 Å². The minimum atomic E-state index is -0.195. The lowest BCUT2D eigenvalue weighted by Crippen LogP contribution is -1.83. The quantitative estimate of drug-likeness (QED) is 0.585. The van der Waals surface area contributed by atoms with Crippen molar-refractivity contribution in [1.29, 1.82) is 0 Å². The molecule has 0 unspecified atom stereocenters. The van der Waals surface area contributed by atoms with Crippen LogP contribution in [0.5, 0.6) is 0 Å². The van der Waals surface area contributed by atoms with Gasteiger partial charge in [-0.3, -0.25) is 0 Å². The third-order valence-corrected chi connectivity index (χ3v) is 3.47. The van der Waals surface area contributed by atoms with E-state index in [4.69, 9.17) is 0 Å². The molecule has 0 radical (unpaired) electrons. The van der Waals surface area contributed by atoms with Crippen molar-refractivity contribution in [1.82, 2.24) is 0 Å². The molecule has 0 aliphatic carbocycles. The summed E-state index contributed by atoms with van der Waals surface area (Å²) in [6, 6.07) is 19.5. The third kappa shape index (κ3) is 2.37. The molecule has 0 spiro atoms. The lowest BCUT2D eigenvalue weighted by molar-refractivity contribution is 0.628. The van der Waals surface area contributed by atoms with Crippen LogP contribution < -0.4 is 0 Å². The Labute approximate surface area is 112 Å². The zero-order chi connectivity index (χ0) is 13.2. The predicted molar refractivity (Wildman–Crippen MR) is 78.7 cm³/mol. The maximum Gasteiger partial charge on any atom is 0.123 e. The van der Waals surface area contributed by atoms with Crippen molar-refractivity contribution >= 4 is 10.8 Å². The molecule has 0 atom stereocenters. The molecule has 0 nitrogen and oxygen atoms in total.